The molecule has 2 heterocycles. The first-order valence-electron chi connectivity index (χ1n) is 10.3. The van der Waals surface area contributed by atoms with Gasteiger partial charge in [-0.3, -0.25) is 0 Å². The van der Waals surface area contributed by atoms with Crippen molar-refractivity contribution in [3.63, 3.8) is 0 Å². The first kappa shape index (κ1) is 19.4. The molecule has 1 amide bonds. The molecule has 0 radical (unpaired) electrons. The van der Waals surface area contributed by atoms with E-state index in [1.165, 1.54) is 16.5 Å². The molecule has 1 aliphatic rings. The second-order valence-electron chi connectivity index (χ2n) is 8.80. The largest absolute Gasteiger partial charge is 0.444 e. The maximum atomic E-state index is 12.4. The van der Waals surface area contributed by atoms with E-state index in [9.17, 15) is 4.79 Å². The van der Waals surface area contributed by atoms with Gasteiger partial charge in [0.2, 0.25) is 0 Å². The monoisotopic (exact) mass is 391 g/mol. The van der Waals surface area contributed by atoms with Gasteiger partial charge in [-0.15, -0.1) is 0 Å². The maximum absolute atomic E-state index is 12.4. The predicted octanol–water partition coefficient (Wildman–Crippen LogP) is 5.33. The van der Waals surface area contributed by atoms with Crippen LogP contribution in [0.1, 0.15) is 45.1 Å². The molecule has 29 heavy (non-hydrogen) atoms. The molecule has 2 N–H and O–H groups in total. The number of rotatable bonds is 2. The van der Waals surface area contributed by atoms with Crippen molar-refractivity contribution in [3.05, 3.63) is 60.3 Å². The number of piperidine rings is 1. The molecule has 0 atom stereocenters. The van der Waals surface area contributed by atoms with Crippen LogP contribution in [0.15, 0.2) is 54.7 Å². The molecule has 3 aromatic rings. The molecule has 0 saturated carbocycles. The van der Waals surface area contributed by atoms with Crippen LogP contribution in [0.3, 0.4) is 0 Å². The number of carbonyl (C=O) groups is 1. The zero-order valence-corrected chi connectivity index (χ0v) is 17.4. The number of para-hydroxylation sites is 1. The van der Waals surface area contributed by atoms with Crippen molar-refractivity contribution in [2.45, 2.75) is 45.1 Å². The summed E-state index contributed by atoms with van der Waals surface area (Å²) in [6.07, 6.45) is 3.92. The van der Waals surface area contributed by atoms with Crippen LogP contribution in [-0.2, 0) is 4.74 Å². The van der Waals surface area contributed by atoms with Crippen molar-refractivity contribution in [1.82, 2.24) is 9.47 Å². The summed E-state index contributed by atoms with van der Waals surface area (Å²) in [7, 11) is 0. The van der Waals surface area contributed by atoms with E-state index in [1.54, 1.807) is 0 Å². The number of nitrogens with zero attached hydrogens (tertiary/aromatic N) is 2. The number of hydrogen-bond acceptors (Lipinski definition) is 3. The molecule has 1 aliphatic heterocycles. The standard InChI is InChI=1S/C24H29N3O2/c1-24(2,3)29-23(28)26-14-12-17(13-15-26)21-16-27(19-10-8-18(25)9-11-19)22-7-5-4-6-20(21)22/h4-11,16-17H,12-15,25H2,1-3H3. The van der Waals surface area contributed by atoms with Crippen molar-refractivity contribution in [2.75, 3.05) is 18.8 Å². The lowest BCUT2D eigenvalue weighted by atomic mass is 9.89. The van der Waals surface area contributed by atoms with Crippen molar-refractivity contribution < 1.29 is 9.53 Å². The lowest BCUT2D eigenvalue weighted by Crippen LogP contribution is -2.41. The third-order valence-electron chi connectivity index (χ3n) is 5.50. The summed E-state index contributed by atoms with van der Waals surface area (Å²) in [5.74, 6) is 0.425. The van der Waals surface area contributed by atoms with Crippen LogP contribution in [0.4, 0.5) is 10.5 Å². The second-order valence-corrected chi connectivity index (χ2v) is 8.80. The van der Waals surface area contributed by atoms with Crippen LogP contribution < -0.4 is 5.73 Å². The molecule has 1 fully saturated rings. The highest BCUT2D eigenvalue weighted by molar-refractivity contribution is 5.86. The number of hydrogen-bond donors (Lipinski definition) is 1. The van der Waals surface area contributed by atoms with Gasteiger partial charge in [-0.1, -0.05) is 18.2 Å². The van der Waals surface area contributed by atoms with Crippen LogP contribution in [0.2, 0.25) is 0 Å². The first-order valence-corrected chi connectivity index (χ1v) is 10.3. The second kappa shape index (κ2) is 7.47. The molecule has 5 heteroatoms. The minimum absolute atomic E-state index is 0.208. The molecule has 1 saturated heterocycles. The van der Waals surface area contributed by atoms with Gasteiger partial charge in [-0.2, -0.15) is 0 Å². The normalized spacial score (nSPS) is 15.6. The molecule has 5 nitrogen and oxygen atoms in total. The molecular weight excluding hydrogens is 362 g/mol. The summed E-state index contributed by atoms with van der Waals surface area (Å²) in [5, 5.41) is 1.28. The molecule has 1 aromatic heterocycles. The van der Waals surface area contributed by atoms with E-state index in [4.69, 9.17) is 10.5 Å². The predicted molar refractivity (Wildman–Crippen MR) is 117 cm³/mol. The van der Waals surface area contributed by atoms with Crippen molar-refractivity contribution in [2.24, 2.45) is 0 Å². The van der Waals surface area contributed by atoms with E-state index in [2.05, 4.69) is 47.2 Å². The zero-order valence-electron chi connectivity index (χ0n) is 17.4. The van der Waals surface area contributed by atoms with E-state index < -0.39 is 5.60 Å². The van der Waals surface area contributed by atoms with Crippen LogP contribution in [0.25, 0.3) is 16.6 Å². The number of ether oxygens (including phenoxy) is 1. The highest BCUT2D eigenvalue weighted by Crippen LogP contribution is 2.36. The van der Waals surface area contributed by atoms with E-state index in [0.29, 0.717) is 5.92 Å². The fraction of sp³-hybridized carbons (Fsp3) is 0.375. The van der Waals surface area contributed by atoms with Gasteiger partial charge in [-0.25, -0.2) is 4.79 Å². The van der Waals surface area contributed by atoms with Crippen LogP contribution in [0, 0.1) is 0 Å². The summed E-state index contributed by atoms with van der Waals surface area (Å²) < 4.78 is 7.77. The number of nitrogens with two attached hydrogens (primary N) is 1. The molecule has 4 rings (SSSR count). The van der Waals surface area contributed by atoms with Crippen LogP contribution in [0.5, 0.6) is 0 Å². The number of amides is 1. The number of fused-ring (bicyclic) bond motifs is 1. The Morgan fingerprint density at radius 1 is 1.03 bits per heavy atom. The number of likely N-dealkylation sites (tertiary alicyclic amines) is 1. The number of anilines is 1. The smallest absolute Gasteiger partial charge is 0.410 e. The lowest BCUT2D eigenvalue weighted by molar-refractivity contribution is 0.0205. The number of carbonyl (C=O) groups excluding carboxylic acids is 1. The van der Waals surface area contributed by atoms with Gasteiger partial charge in [0.1, 0.15) is 5.60 Å². The Balaban J connectivity index is 1.58. The summed E-state index contributed by atoms with van der Waals surface area (Å²) in [6.45, 7) is 7.17. The Morgan fingerprint density at radius 3 is 2.34 bits per heavy atom. The fourth-order valence-corrected chi connectivity index (χ4v) is 4.08. The van der Waals surface area contributed by atoms with Crippen molar-refractivity contribution in [3.8, 4) is 5.69 Å². The third kappa shape index (κ3) is 4.09. The Kier molecular flexibility index (Phi) is 4.99. The van der Waals surface area contributed by atoms with E-state index in [1.807, 2.05) is 37.8 Å². The Hall–Kier alpha value is -2.95. The van der Waals surface area contributed by atoms with Crippen molar-refractivity contribution in [1.29, 1.82) is 0 Å². The fourth-order valence-electron chi connectivity index (χ4n) is 4.08. The van der Waals surface area contributed by atoms with E-state index in [-0.39, 0.29) is 6.09 Å². The summed E-state index contributed by atoms with van der Waals surface area (Å²) in [4.78, 5) is 14.2. The minimum Gasteiger partial charge on any atom is -0.444 e. The van der Waals surface area contributed by atoms with Gasteiger partial charge in [0.25, 0.3) is 0 Å². The Morgan fingerprint density at radius 2 is 1.69 bits per heavy atom. The lowest BCUT2D eigenvalue weighted by Gasteiger charge is -2.33. The molecule has 0 spiro atoms. The SMILES string of the molecule is CC(C)(C)OC(=O)N1CCC(c2cn(-c3ccc(N)cc3)c3ccccc23)CC1. The summed E-state index contributed by atoms with van der Waals surface area (Å²) >= 11 is 0. The van der Waals surface area contributed by atoms with Crippen LogP contribution >= 0.6 is 0 Å². The van der Waals surface area contributed by atoms with Gasteiger partial charge in [0.05, 0.1) is 5.52 Å². The summed E-state index contributed by atoms with van der Waals surface area (Å²) in [6, 6.07) is 16.5. The van der Waals surface area contributed by atoms with Gasteiger partial charge in [0, 0.05) is 36.0 Å². The quantitative estimate of drug-likeness (QED) is 0.601. The molecule has 0 unspecified atom stereocenters. The minimum atomic E-state index is -0.458. The molecule has 0 bridgehead atoms. The van der Waals surface area contributed by atoms with E-state index in [0.717, 1.165) is 37.3 Å². The van der Waals surface area contributed by atoms with Crippen molar-refractivity contribution >= 4 is 22.7 Å². The number of aromatic nitrogens is 1. The molecule has 152 valence electrons. The van der Waals surface area contributed by atoms with Crippen LogP contribution in [-0.4, -0.2) is 34.3 Å². The third-order valence-corrected chi connectivity index (χ3v) is 5.50. The van der Waals surface area contributed by atoms with Gasteiger partial charge in [-0.05, 0) is 75.4 Å². The zero-order chi connectivity index (χ0) is 20.6. The van der Waals surface area contributed by atoms with Gasteiger partial charge in [0.15, 0.2) is 0 Å². The summed E-state index contributed by atoms with van der Waals surface area (Å²) in [5.41, 5.74) is 9.82. The molecule has 0 aliphatic carbocycles. The van der Waals surface area contributed by atoms with Gasteiger partial charge >= 0.3 is 6.09 Å². The highest BCUT2D eigenvalue weighted by Gasteiger charge is 2.29. The average molecular weight is 392 g/mol. The maximum Gasteiger partial charge on any atom is 0.410 e. The van der Waals surface area contributed by atoms with Gasteiger partial charge < -0.3 is 19.9 Å². The Labute approximate surface area is 172 Å². The van der Waals surface area contributed by atoms with E-state index >= 15 is 0 Å². The molecule has 2 aromatic carbocycles. The number of nitrogen functional groups attached to an aromatic ring is 1. The first-order chi connectivity index (χ1) is 13.8. The molecular formula is C24H29N3O2. The Bertz CT molecular complexity index is 1010. The average Bonchev–Trinajstić information content (AvgIpc) is 3.07. The highest BCUT2D eigenvalue weighted by atomic mass is 16.6. The topological polar surface area (TPSA) is 60.5 Å². The number of benzene rings is 2.